The van der Waals surface area contributed by atoms with Gasteiger partial charge in [0.25, 0.3) is 0 Å². The van der Waals surface area contributed by atoms with E-state index >= 15 is 0 Å². The molecule has 0 radical (unpaired) electrons. The first kappa shape index (κ1) is 10.4. The summed E-state index contributed by atoms with van der Waals surface area (Å²) in [6.45, 7) is 6.24. The Hall–Kier alpha value is -1.62. The molecule has 0 saturated heterocycles. The average molecular weight is 171 g/mol. The number of esters is 2. The molecule has 0 spiro atoms. The Morgan fingerprint density at radius 2 is 1.50 bits per heavy atom. The molecule has 0 unspecified atom stereocenters. The molecule has 2 N–H and O–H groups in total. The van der Waals surface area contributed by atoms with E-state index in [0.29, 0.717) is 0 Å². The van der Waals surface area contributed by atoms with E-state index in [9.17, 15) is 9.59 Å². The molecule has 0 rings (SSSR count). The molecule has 0 atom stereocenters. The summed E-state index contributed by atoms with van der Waals surface area (Å²) in [7, 11) is 0. The third-order valence-corrected chi connectivity index (χ3v) is 0.798. The third kappa shape index (κ3) is 4.24. The summed E-state index contributed by atoms with van der Waals surface area (Å²) in [6.07, 6.45) is 0.393. The highest BCUT2D eigenvalue weighted by atomic mass is 16.7. The minimum atomic E-state index is -1.42. The summed E-state index contributed by atoms with van der Waals surface area (Å²) in [5.41, 5.74) is 5.04. The first-order valence-electron chi connectivity index (χ1n) is 3.02. The Morgan fingerprint density at radius 1 is 1.17 bits per heavy atom. The van der Waals surface area contributed by atoms with Crippen molar-refractivity contribution in [1.29, 1.82) is 0 Å². The van der Waals surface area contributed by atoms with E-state index in [0.717, 1.165) is 12.2 Å². The molecular weight excluding hydrogens is 162 g/mol. The SMILES string of the molecule is C=CC(=O)OC(N)OC(=O)C=C. The minimum Gasteiger partial charge on any atom is -0.408 e. The Morgan fingerprint density at radius 3 is 1.75 bits per heavy atom. The van der Waals surface area contributed by atoms with Gasteiger partial charge in [0.05, 0.1) is 0 Å². The molecule has 5 heteroatoms. The molecule has 0 aromatic carbocycles. The van der Waals surface area contributed by atoms with Crippen molar-refractivity contribution >= 4 is 11.9 Å². The average Bonchev–Trinajstić information content (AvgIpc) is 2.03. The van der Waals surface area contributed by atoms with Gasteiger partial charge in [0.1, 0.15) is 0 Å². The van der Waals surface area contributed by atoms with Gasteiger partial charge in [0.15, 0.2) is 0 Å². The van der Waals surface area contributed by atoms with Crippen molar-refractivity contribution in [3.63, 3.8) is 0 Å². The molecule has 0 amide bonds. The lowest BCUT2D eigenvalue weighted by Gasteiger charge is -2.10. The molecule has 5 nitrogen and oxygen atoms in total. The highest BCUT2D eigenvalue weighted by Crippen LogP contribution is 1.89. The zero-order valence-electron chi connectivity index (χ0n) is 6.36. The predicted molar refractivity (Wildman–Crippen MR) is 40.6 cm³/mol. The van der Waals surface area contributed by atoms with Crippen LogP contribution in [-0.2, 0) is 19.1 Å². The van der Waals surface area contributed by atoms with Gasteiger partial charge in [-0.2, -0.15) is 0 Å². The lowest BCUT2D eigenvalue weighted by Crippen LogP contribution is -2.31. The van der Waals surface area contributed by atoms with Crippen molar-refractivity contribution in [3.8, 4) is 0 Å². The molecule has 0 aromatic heterocycles. The van der Waals surface area contributed by atoms with Gasteiger partial charge in [-0.05, 0) is 0 Å². The van der Waals surface area contributed by atoms with E-state index in [4.69, 9.17) is 5.73 Å². The summed E-state index contributed by atoms with van der Waals surface area (Å²) < 4.78 is 8.60. The Labute approximate surface area is 69.4 Å². The van der Waals surface area contributed by atoms with Gasteiger partial charge in [0, 0.05) is 12.2 Å². The van der Waals surface area contributed by atoms with Crippen LogP contribution in [0.5, 0.6) is 0 Å². The third-order valence-electron chi connectivity index (χ3n) is 0.798. The maximum Gasteiger partial charge on any atom is 0.334 e. The summed E-state index contributed by atoms with van der Waals surface area (Å²) >= 11 is 0. The van der Waals surface area contributed by atoms with Gasteiger partial charge in [-0.1, -0.05) is 13.2 Å². The van der Waals surface area contributed by atoms with Gasteiger partial charge >= 0.3 is 18.4 Å². The Bertz CT molecular complexity index is 189. The van der Waals surface area contributed by atoms with E-state index in [-0.39, 0.29) is 0 Å². The highest BCUT2D eigenvalue weighted by molar-refractivity contribution is 5.82. The first-order chi connectivity index (χ1) is 5.60. The minimum absolute atomic E-state index is 0.764. The fourth-order valence-electron chi connectivity index (χ4n) is 0.349. The smallest absolute Gasteiger partial charge is 0.334 e. The maximum atomic E-state index is 10.5. The van der Waals surface area contributed by atoms with E-state index in [2.05, 4.69) is 22.6 Å². The van der Waals surface area contributed by atoms with Gasteiger partial charge in [-0.15, -0.1) is 0 Å². The summed E-state index contributed by atoms with van der Waals surface area (Å²) in [5, 5.41) is 0. The monoisotopic (exact) mass is 171 g/mol. The van der Waals surface area contributed by atoms with Crippen LogP contribution < -0.4 is 5.73 Å². The van der Waals surface area contributed by atoms with Crippen LogP contribution in [0.4, 0.5) is 0 Å². The molecule has 12 heavy (non-hydrogen) atoms. The standard InChI is InChI=1S/C7H9NO4/c1-3-5(9)11-7(8)12-6(10)4-2/h3-4,7H,1-2,8H2. The summed E-state index contributed by atoms with van der Waals surface area (Å²) in [4.78, 5) is 20.9. The number of ether oxygens (including phenoxy) is 2. The zero-order valence-corrected chi connectivity index (χ0v) is 6.36. The molecule has 0 aliphatic rings. The van der Waals surface area contributed by atoms with Crippen molar-refractivity contribution in [2.45, 2.75) is 6.41 Å². The second kappa shape index (κ2) is 5.09. The molecule has 0 heterocycles. The molecule has 0 aliphatic carbocycles. The van der Waals surface area contributed by atoms with Crippen molar-refractivity contribution in [1.82, 2.24) is 0 Å². The zero-order chi connectivity index (χ0) is 9.56. The number of hydrogen-bond acceptors (Lipinski definition) is 5. The molecule has 0 bridgehead atoms. The molecule has 0 fully saturated rings. The maximum absolute atomic E-state index is 10.5. The van der Waals surface area contributed by atoms with E-state index in [1.807, 2.05) is 0 Å². The molecule has 0 saturated carbocycles. The Balaban J connectivity index is 3.80. The van der Waals surface area contributed by atoms with Crippen LogP contribution in [-0.4, -0.2) is 18.4 Å². The molecule has 66 valence electrons. The first-order valence-corrected chi connectivity index (χ1v) is 3.02. The van der Waals surface area contributed by atoms with Crippen LogP contribution in [0.25, 0.3) is 0 Å². The van der Waals surface area contributed by atoms with Gasteiger partial charge < -0.3 is 9.47 Å². The normalized spacial score (nSPS) is 8.83. The number of hydrogen-bond donors (Lipinski definition) is 1. The fraction of sp³-hybridized carbons (Fsp3) is 0.143. The number of carbonyl (C=O) groups excluding carboxylic acids is 2. The second-order valence-electron chi connectivity index (χ2n) is 1.65. The lowest BCUT2D eigenvalue weighted by molar-refractivity contribution is -0.179. The highest BCUT2D eigenvalue weighted by Gasteiger charge is 2.09. The van der Waals surface area contributed by atoms with Crippen LogP contribution in [0, 0.1) is 0 Å². The lowest BCUT2D eigenvalue weighted by atomic mass is 10.6. The van der Waals surface area contributed by atoms with Gasteiger partial charge in [0.2, 0.25) is 0 Å². The van der Waals surface area contributed by atoms with Crippen LogP contribution in [0.15, 0.2) is 25.3 Å². The van der Waals surface area contributed by atoms with Crippen molar-refractivity contribution < 1.29 is 19.1 Å². The van der Waals surface area contributed by atoms with Crippen LogP contribution in [0.2, 0.25) is 0 Å². The van der Waals surface area contributed by atoms with Crippen LogP contribution in [0.3, 0.4) is 0 Å². The van der Waals surface area contributed by atoms with Crippen LogP contribution in [0.1, 0.15) is 0 Å². The van der Waals surface area contributed by atoms with Gasteiger partial charge in [-0.25, -0.2) is 9.59 Å². The fourth-order valence-corrected chi connectivity index (χ4v) is 0.349. The van der Waals surface area contributed by atoms with E-state index < -0.39 is 18.4 Å². The quantitative estimate of drug-likeness (QED) is 0.356. The predicted octanol–water partition coefficient (Wildman–Crippen LogP) is -0.313. The summed E-state index contributed by atoms with van der Waals surface area (Å²) in [6, 6.07) is 0. The topological polar surface area (TPSA) is 78.6 Å². The van der Waals surface area contributed by atoms with Crippen molar-refractivity contribution in [3.05, 3.63) is 25.3 Å². The number of carbonyl (C=O) groups is 2. The van der Waals surface area contributed by atoms with Crippen LogP contribution >= 0.6 is 0 Å². The summed E-state index contributed by atoms with van der Waals surface area (Å²) in [5.74, 6) is -1.53. The molecular formula is C7H9NO4. The van der Waals surface area contributed by atoms with Crippen molar-refractivity contribution in [2.24, 2.45) is 5.73 Å². The molecule has 0 aliphatic heterocycles. The molecule has 0 aromatic rings. The Kier molecular flexibility index (Phi) is 4.40. The number of nitrogens with two attached hydrogens (primary N) is 1. The second-order valence-corrected chi connectivity index (χ2v) is 1.65. The van der Waals surface area contributed by atoms with E-state index in [1.165, 1.54) is 0 Å². The van der Waals surface area contributed by atoms with E-state index in [1.54, 1.807) is 0 Å². The largest absolute Gasteiger partial charge is 0.408 e. The van der Waals surface area contributed by atoms with Gasteiger partial charge in [-0.3, -0.25) is 5.73 Å². The van der Waals surface area contributed by atoms with Crippen molar-refractivity contribution in [2.75, 3.05) is 0 Å². The number of rotatable bonds is 4.